The Labute approximate surface area is 109 Å². The highest BCUT2D eigenvalue weighted by atomic mass is 35.5. The number of nitrogens with one attached hydrogen (secondary N) is 1. The van der Waals surface area contributed by atoms with Gasteiger partial charge < -0.3 is 4.98 Å². The maximum absolute atomic E-state index is 13.6. The Kier molecular flexibility index (Phi) is 3.48. The van der Waals surface area contributed by atoms with E-state index in [9.17, 15) is 9.18 Å². The number of benzene rings is 1. The van der Waals surface area contributed by atoms with Gasteiger partial charge in [-0.05, 0) is 26.0 Å². The summed E-state index contributed by atoms with van der Waals surface area (Å²) in [6.45, 7) is 3.44. The zero-order valence-electron chi connectivity index (χ0n) is 10.1. The Hall–Kier alpha value is -1.68. The molecule has 0 aliphatic carbocycles. The first-order chi connectivity index (χ1) is 8.49. The first-order valence-corrected chi connectivity index (χ1v) is 5.86. The third-order valence-electron chi connectivity index (χ3n) is 2.85. The van der Waals surface area contributed by atoms with Crippen LogP contribution in [-0.4, -0.2) is 9.97 Å². The van der Waals surface area contributed by atoms with Gasteiger partial charge in [0.1, 0.15) is 11.6 Å². The monoisotopic (exact) mass is 266 g/mol. The number of nitrogens with zero attached hydrogens (tertiary/aromatic N) is 1. The van der Waals surface area contributed by atoms with Crippen molar-refractivity contribution in [2.45, 2.75) is 20.3 Å². The molecule has 1 heterocycles. The van der Waals surface area contributed by atoms with E-state index in [0.29, 0.717) is 27.7 Å². The maximum Gasteiger partial charge on any atom is 0.254 e. The van der Waals surface area contributed by atoms with Crippen molar-refractivity contribution in [1.82, 2.24) is 9.97 Å². The Morgan fingerprint density at radius 3 is 2.72 bits per heavy atom. The smallest absolute Gasteiger partial charge is 0.254 e. The Balaban J connectivity index is 2.44. The summed E-state index contributed by atoms with van der Waals surface area (Å²) in [4.78, 5) is 18.5. The largest absolute Gasteiger partial charge is 0.310 e. The average Bonchev–Trinajstić information content (AvgIpc) is 2.31. The van der Waals surface area contributed by atoms with Crippen molar-refractivity contribution >= 4 is 11.6 Å². The van der Waals surface area contributed by atoms with Crippen LogP contribution in [0.3, 0.4) is 0 Å². The minimum absolute atomic E-state index is 0.169. The van der Waals surface area contributed by atoms with Gasteiger partial charge in [-0.15, -0.1) is 0 Å². The van der Waals surface area contributed by atoms with Gasteiger partial charge in [-0.1, -0.05) is 17.7 Å². The van der Waals surface area contributed by atoms with E-state index in [0.717, 1.165) is 0 Å². The number of aromatic amines is 1. The molecule has 2 aromatic rings. The van der Waals surface area contributed by atoms with E-state index in [1.807, 2.05) is 0 Å². The van der Waals surface area contributed by atoms with Crippen LogP contribution in [0.4, 0.5) is 4.39 Å². The molecule has 0 saturated carbocycles. The summed E-state index contributed by atoms with van der Waals surface area (Å²) in [5, 5.41) is 0.330. The molecular formula is C13H12ClFN2O. The first-order valence-electron chi connectivity index (χ1n) is 5.48. The van der Waals surface area contributed by atoms with Crippen molar-refractivity contribution in [2.24, 2.45) is 0 Å². The van der Waals surface area contributed by atoms with E-state index in [-0.39, 0.29) is 12.0 Å². The van der Waals surface area contributed by atoms with Crippen LogP contribution in [0, 0.1) is 19.7 Å². The second-order valence-electron chi connectivity index (χ2n) is 4.10. The predicted molar refractivity (Wildman–Crippen MR) is 68.5 cm³/mol. The maximum atomic E-state index is 13.6. The van der Waals surface area contributed by atoms with Gasteiger partial charge in [0.05, 0.1) is 0 Å². The van der Waals surface area contributed by atoms with E-state index in [1.165, 1.54) is 12.1 Å². The molecule has 0 aliphatic heterocycles. The molecule has 94 valence electrons. The van der Waals surface area contributed by atoms with Gasteiger partial charge in [0.15, 0.2) is 0 Å². The van der Waals surface area contributed by atoms with Gasteiger partial charge in [0, 0.05) is 28.3 Å². The molecule has 0 unspecified atom stereocenters. The van der Waals surface area contributed by atoms with Gasteiger partial charge >= 0.3 is 0 Å². The van der Waals surface area contributed by atoms with Gasteiger partial charge in [0.2, 0.25) is 0 Å². The highest BCUT2D eigenvalue weighted by molar-refractivity contribution is 6.31. The number of aryl methyl sites for hydroxylation is 1. The van der Waals surface area contributed by atoms with Gasteiger partial charge in [-0.2, -0.15) is 0 Å². The normalized spacial score (nSPS) is 10.7. The lowest BCUT2D eigenvalue weighted by atomic mass is 10.1. The Morgan fingerprint density at radius 1 is 1.39 bits per heavy atom. The van der Waals surface area contributed by atoms with Crippen LogP contribution >= 0.6 is 11.6 Å². The first kappa shape index (κ1) is 12.8. The summed E-state index contributed by atoms with van der Waals surface area (Å²) in [6.07, 6.45) is 0.169. The molecule has 3 nitrogen and oxygen atoms in total. The Morgan fingerprint density at radius 2 is 2.11 bits per heavy atom. The van der Waals surface area contributed by atoms with Crippen LogP contribution in [0.25, 0.3) is 0 Å². The lowest BCUT2D eigenvalue weighted by molar-refractivity contribution is 0.612. The van der Waals surface area contributed by atoms with Gasteiger partial charge in [-0.3, -0.25) is 4.79 Å². The van der Waals surface area contributed by atoms with Crippen molar-refractivity contribution in [3.8, 4) is 0 Å². The average molecular weight is 267 g/mol. The van der Waals surface area contributed by atoms with Crippen LogP contribution in [0.2, 0.25) is 5.02 Å². The van der Waals surface area contributed by atoms with Gasteiger partial charge in [0.25, 0.3) is 5.56 Å². The molecule has 5 heteroatoms. The fourth-order valence-corrected chi connectivity index (χ4v) is 1.89. The highest BCUT2D eigenvalue weighted by Crippen LogP contribution is 2.20. The molecule has 0 amide bonds. The van der Waals surface area contributed by atoms with E-state index in [4.69, 9.17) is 11.6 Å². The van der Waals surface area contributed by atoms with Crippen molar-refractivity contribution in [3.63, 3.8) is 0 Å². The number of hydrogen-bond acceptors (Lipinski definition) is 2. The van der Waals surface area contributed by atoms with Crippen LogP contribution in [0.1, 0.15) is 22.6 Å². The molecular weight excluding hydrogens is 255 g/mol. The summed E-state index contributed by atoms with van der Waals surface area (Å²) in [6, 6.07) is 4.48. The summed E-state index contributed by atoms with van der Waals surface area (Å²) in [7, 11) is 0. The molecule has 1 N–H and O–H groups in total. The zero-order chi connectivity index (χ0) is 13.3. The minimum atomic E-state index is -0.400. The van der Waals surface area contributed by atoms with Crippen molar-refractivity contribution in [3.05, 3.63) is 62.0 Å². The Bertz CT molecular complexity index is 632. The van der Waals surface area contributed by atoms with Crippen LogP contribution < -0.4 is 5.56 Å². The fourth-order valence-electron chi connectivity index (χ4n) is 1.66. The molecule has 1 aromatic heterocycles. The summed E-state index contributed by atoms with van der Waals surface area (Å²) >= 11 is 5.93. The highest BCUT2D eigenvalue weighted by Gasteiger charge is 2.10. The second kappa shape index (κ2) is 4.90. The van der Waals surface area contributed by atoms with Crippen LogP contribution in [0.5, 0.6) is 0 Å². The molecule has 0 fully saturated rings. The standard InChI is InChI=1S/C13H12ClFN2O/c1-7-8(2)16-12(17-13(7)18)6-9-10(14)4-3-5-11(9)15/h3-5H,6H2,1-2H3,(H,16,17,18). The molecule has 0 aliphatic rings. The zero-order valence-corrected chi connectivity index (χ0v) is 10.8. The number of H-pyrrole nitrogens is 1. The molecule has 0 spiro atoms. The molecule has 0 atom stereocenters. The van der Waals surface area contributed by atoms with E-state index < -0.39 is 5.82 Å². The summed E-state index contributed by atoms with van der Waals surface area (Å²) < 4.78 is 13.6. The minimum Gasteiger partial charge on any atom is -0.310 e. The number of halogens is 2. The third-order valence-corrected chi connectivity index (χ3v) is 3.20. The van der Waals surface area contributed by atoms with Crippen molar-refractivity contribution in [1.29, 1.82) is 0 Å². The van der Waals surface area contributed by atoms with E-state index in [1.54, 1.807) is 19.9 Å². The summed E-state index contributed by atoms with van der Waals surface area (Å²) in [5.41, 5.74) is 1.34. The topological polar surface area (TPSA) is 45.8 Å². The van der Waals surface area contributed by atoms with E-state index in [2.05, 4.69) is 9.97 Å². The van der Waals surface area contributed by atoms with Crippen molar-refractivity contribution < 1.29 is 4.39 Å². The fraction of sp³-hybridized carbons (Fsp3) is 0.231. The lowest BCUT2D eigenvalue weighted by Gasteiger charge is -2.07. The quantitative estimate of drug-likeness (QED) is 0.908. The number of aromatic nitrogens is 2. The van der Waals surface area contributed by atoms with E-state index >= 15 is 0 Å². The molecule has 18 heavy (non-hydrogen) atoms. The molecule has 1 aromatic carbocycles. The second-order valence-corrected chi connectivity index (χ2v) is 4.51. The lowest BCUT2D eigenvalue weighted by Crippen LogP contribution is -2.16. The van der Waals surface area contributed by atoms with Crippen LogP contribution in [0.15, 0.2) is 23.0 Å². The van der Waals surface area contributed by atoms with Crippen LogP contribution in [-0.2, 0) is 6.42 Å². The van der Waals surface area contributed by atoms with Crippen molar-refractivity contribution in [2.75, 3.05) is 0 Å². The molecule has 0 saturated heterocycles. The number of hydrogen-bond donors (Lipinski definition) is 1. The molecule has 0 bridgehead atoms. The number of rotatable bonds is 2. The third kappa shape index (κ3) is 2.43. The molecule has 0 radical (unpaired) electrons. The molecule has 2 rings (SSSR count). The SMILES string of the molecule is Cc1nc(Cc2c(F)cccc2Cl)[nH]c(=O)c1C. The van der Waals surface area contributed by atoms with Gasteiger partial charge in [-0.25, -0.2) is 9.37 Å². The summed E-state index contributed by atoms with van der Waals surface area (Å²) in [5.74, 6) is 0.0125. The predicted octanol–water partition coefficient (Wildman–Crippen LogP) is 2.77.